The van der Waals surface area contributed by atoms with Crippen LogP contribution < -0.4 is 14.2 Å². The van der Waals surface area contributed by atoms with Crippen molar-refractivity contribution in [3.8, 4) is 23.0 Å². The lowest BCUT2D eigenvalue weighted by atomic mass is 10.1. The van der Waals surface area contributed by atoms with Crippen molar-refractivity contribution in [2.75, 3.05) is 32.9 Å². The second-order valence-corrected chi connectivity index (χ2v) is 7.92. The first-order valence-corrected chi connectivity index (χ1v) is 11.1. The molecule has 0 atom stereocenters. The van der Waals surface area contributed by atoms with E-state index in [1.165, 1.54) is 0 Å². The van der Waals surface area contributed by atoms with Gasteiger partial charge in [0.15, 0.2) is 23.1 Å². The zero-order valence-corrected chi connectivity index (χ0v) is 18.9. The van der Waals surface area contributed by atoms with Crippen LogP contribution in [0.2, 0.25) is 0 Å². The number of carbonyl (C=O) groups excluding carboxylic acids is 1. The number of pyridine rings is 1. The molecular formula is C25H24FN3O5. The molecule has 9 heteroatoms. The lowest BCUT2D eigenvalue weighted by Gasteiger charge is -2.26. The number of ether oxygens (including phenoxy) is 4. The number of aromatic nitrogens is 2. The predicted molar refractivity (Wildman–Crippen MR) is 124 cm³/mol. The van der Waals surface area contributed by atoms with E-state index in [0.29, 0.717) is 66.2 Å². The molecule has 1 N–H and O–H groups in total. The van der Waals surface area contributed by atoms with E-state index in [9.17, 15) is 4.79 Å². The third-order valence-corrected chi connectivity index (χ3v) is 5.59. The molecule has 5 rings (SSSR count). The number of hydrogen-bond acceptors (Lipinski definition) is 6. The Morgan fingerprint density at radius 2 is 1.91 bits per heavy atom. The zero-order chi connectivity index (χ0) is 23.7. The molecule has 176 valence electrons. The quantitative estimate of drug-likeness (QED) is 0.437. The number of rotatable bonds is 5. The summed E-state index contributed by atoms with van der Waals surface area (Å²) >= 11 is 0. The van der Waals surface area contributed by atoms with Gasteiger partial charge < -0.3 is 28.8 Å². The maximum atomic E-state index is 15.1. The van der Waals surface area contributed by atoms with Crippen molar-refractivity contribution in [1.29, 1.82) is 0 Å². The van der Waals surface area contributed by atoms with Gasteiger partial charge in [0, 0.05) is 47.3 Å². The van der Waals surface area contributed by atoms with E-state index in [2.05, 4.69) is 9.97 Å². The van der Waals surface area contributed by atoms with E-state index in [4.69, 9.17) is 18.9 Å². The van der Waals surface area contributed by atoms with E-state index < -0.39 is 11.9 Å². The van der Waals surface area contributed by atoms with E-state index in [-0.39, 0.29) is 11.5 Å². The second kappa shape index (κ2) is 9.18. The Labute approximate surface area is 195 Å². The van der Waals surface area contributed by atoms with Crippen LogP contribution in [0, 0.1) is 12.7 Å². The molecular weight excluding hydrogens is 441 g/mol. The smallest absolute Gasteiger partial charge is 0.415 e. The summed E-state index contributed by atoms with van der Waals surface area (Å²) < 4.78 is 37.8. The van der Waals surface area contributed by atoms with E-state index in [1.54, 1.807) is 47.5 Å². The molecule has 1 saturated heterocycles. The molecule has 1 fully saturated rings. The average molecular weight is 465 g/mol. The first kappa shape index (κ1) is 22.0. The van der Waals surface area contributed by atoms with Crippen molar-refractivity contribution >= 4 is 27.9 Å². The number of hydrogen-bond donors (Lipinski definition) is 1. The van der Waals surface area contributed by atoms with Crippen molar-refractivity contribution in [3.63, 3.8) is 0 Å². The summed E-state index contributed by atoms with van der Waals surface area (Å²) in [7, 11) is 0. The summed E-state index contributed by atoms with van der Waals surface area (Å²) in [5.41, 5.74) is 2.11. The van der Waals surface area contributed by atoms with Gasteiger partial charge in [-0.2, -0.15) is 0 Å². The Balaban J connectivity index is 1.52. The van der Waals surface area contributed by atoms with Crippen molar-refractivity contribution in [3.05, 3.63) is 54.1 Å². The van der Waals surface area contributed by atoms with Crippen LogP contribution in [0.15, 0.2) is 42.6 Å². The normalized spacial score (nSPS) is 13.9. The molecule has 1 aliphatic rings. The minimum Gasteiger partial charge on any atom is -0.490 e. The number of amides is 1. The van der Waals surface area contributed by atoms with Gasteiger partial charge in [-0.3, -0.25) is 4.98 Å². The van der Waals surface area contributed by atoms with Gasteiger partial charge in [-0.1, -0.05) is 0 Å². The fourth-order valence-electron chi connectivity index (χ4n) is 3.96. The van der Waals surface area contributed by atoms with Crippen LogP contribution in [-0.4, -0.2) is 53.9 Å². The van der Waals surface area contributed by atoms with Crippen molar-refractivity contribution in [2.45, 2.75) is 13.8 Å². The number of halogens is 1. The van der Waals surface area contributed by atoms with Crippen LogP contribution in [0.1, 0.15) is 12.6 Å². The molecule has 2 aromatic carbocycles. The van der Waals surface area contributed by atoms with Gasteiger partial charge >= 0.3 is 6.09 Å². The van der Waals surface area contributed by atoms with Crippen LogP contribution in [0.25, 0.3) is 21.8 Å². The topological polar surface area (TPSA) is 85.9 Å². The molecule has 0 bridgehead atoms. The van der Waals surface area contributed by atoms with Gasteiger partial charge in [0.1, 0.15) is 5.75 Å². The summed E-state index contributed by atoms with van der Waals surface area (Å²) in [6, 6.07) is 10.0. The van der Waals surface area contributed by atoms with E-state index in [1.807, 2.05) is 13.8 Å². The van der Waals surface area contributed by atoms with Gasteiger partial charge in [-0.05, 0) is 44.2 Å². The Bertz CT molecular complexity index is 1360. The van der Waals surface area contributed by atoms with E-state index in [0.717, 1.165) is 5.69 Å². The fourth-order valence-corrected chi connectivity index (χ4v) is 3.96. The molecule has 2 aromatic heterocycles. The molecule has 3 heterocycles. The molecule has 34 heavy (non-hydrogen) atoms. The minimum absolute atomic E-state index is 0.0831. The average Bonchev–Trinajstić information content (AvgIpc) is 3.23. The number of morpholine rings is 1. The van der Waals surface area contributed by atoms with Crippen molar-refractivity contribution in [2.24, 2.45) is 0 Å². The highest BCUT2D eigenvalue weighted by Gasteiger charge is 2.22. The Hall–Kier alpha value is -3.85. The molecule has 8 nitrogen and oxygen atoms in total. The summed E-state index contributed by atoms with van der Waals surface area (Å²) in [6.07, 6.45) is 1.08. The van der Waals surface area contributed by atoms with Crippen LogP contribution in [0.5, 0.6) is 23.0 Å². The molecule has 0 aliphatic carbocycles. The van der Waals surface area contributed by atoms with Crippen LogP contribution in [0.4, 0.5) is 9.18 Å². The van der Waals surface area contributed by atoms with Gasteiger partial charge in [-0.15, -0.1) is 0 Å². The Morgan fingerprint density at radius 1 is 1.09 bits per heavy atom. The maximum Gasteiger partial charge on any atom is 0.415 e. The molecule has 1 aliphatic heterocycles. The number of nitrogens with one attached hydrogen (secondary N) is 1. The Kier molecular flexibility index (Phi) is 5.93. The highest BCUT2D eigenvalue weighted by atomic mass is 19.1. The first-order chi connectivity index (χ1) is 16.5. The molecule has 0 saturated carbocycles. The fraction of sp³-hybridized carbons (Fsp3) is 0.280. The number of nitrogens with zero attached hydrogens (tertiary/aromatic N) is 2. The van der Waals surface area contributed by atoms with Gasteiger partial charge in [0.25, 0.3) is 0 Å². The lowest BCUT2D eigenvalue weighted by Crippen LogP contribution is -2.42. The molecule has 1 amide bonds. The lowest BCUT2D eigenvalue weighted by molar-refractivity contribution is 0.0413. The molecule has 0 spiro atoms. The van der Waals surface area contributed by atoms with Crippen molar-refractivity contribution in [1.82, 2.24) is 14.9 Å². The zero-order valence-electron chi connectivity index (χ0n) is 18.9. The molecule has 4 aromatic rings. The largest absolute Gasteiger partial charge is 0.490 e. The first-order valence-electron chi connectivity index (χ1n) is 11.1. The summed E-state index contributed by atoms with van der Waals surface area (Å²) in [6.45, 7) is 5.91. The van der Waals surface area contributed by atoms with Crippen LogP contribution in [-0.2, 0) is 4.74 Å². The minimum atomic E-state index is -0.491. The third kappa shape index (κ3) is 4.22. The number of H-pyrrole nitrogens is 1. The van der Waals surface area contributed by atoms with Crippen LogP contribution >= 0.6 is 0 Å². The maximum absolute atomic E-state index is 15.1. The van der Waals surface area contributed by atoms with Gasteiger partial charge in [0.2, 0.25) is 0 Å². The van der Waals surface area contributed by atoms with Crippen LogP contribution in [0.3, 0.4) is 0 Å². The summed E-state index contributed by atoms with van der Waals surface area (Å²) in [4.78, 5) is 21.8. The number of benzene rings is 2. The number of carbonyl (C=O) groups is 1. The SMILES string of the molecule is CCOc1cc2nccc(Oc3ccc4[nH]c(C)cc4c3F)c2cc1OC(=O)N1CCOCC1. The standard InChI is InChI=1S/C25H24FN3O5/c1-3-32-22-14-19-16(13-23(22)34-25(30)29-8-10-31-11-9-29)20(6-7-27-19)33-21-5-4-18-17(24(21)26)12-15(2)28-18/h4-7,12-14,28H,3,8-11H2,1-2H3. The Morgan fingerprint density at radius 3 is 2.71 bits per heavy atom. The second-order valence-electron chi connectivity index (χ2n) is 7.92. The van der Waals surface area contributed by atoms with Gasteiger partial charge in [0.05, 0.1) is 25.3 Å². The van der Waals surface area contributed by atoms with E-state index >= 15 is 4.39 Å². The highest BCUT2D eigenvalue weighted by Crippen LogP contribution is 2.39. The van der Waals surface area contributed by atoms with Gasteiger partial charge in [-0.25, -0.2) is 9.18 Å². The number of aromatic amines is 1. The summed E-state index contributed by atoms with van der Waals surface area (Å²) in [5.74, 6) is 0.622. The summed E-state index contributed by atoms with van der Waals surface area (Å²) in [5, 5.41) is 1.01. The molecule has 0 unspecified atom stereocenters. The monoisotopic (exact) mass is 465 g/mol. The number of fused-ring (bicyclic) bond motifs is 2. The highest BCUT2D eigenvalue weighted by molar-refractivity contribution is 5.89. The molecule has 0 radical (unpaired) electrons. The van der Waals surface area contributed by atoms with Crippen molar-refractivity contribution < 1.29 is 28.1 Å². The predicted octanol–water partition coefficient (Wildman–Crippen LogP) is 5.19. The number of aryl methyl sites for hydroxylation is 1. The third-order valence-electron chi connectivity index (χ3n) is 5.59.